The van der Waals surface area contributed by atoms with Gasteiger partial charge in [0.05, 0.1) is 23.7 Å². The first-order chi connectivity index (χ1) is 23.6. The Morgan fingerprint density at radius 2 is 1.43 bits per heavy atom. The minimum absolute atomic E-state index is 0.0876. The van der Waals surface area contributed by atoms with E-state index in [1.807, 2.05) is 51.1 Å². The zero-order valence-electron chi connectivity index (χ0n) is 28.4. The minimum Gasteiger partial charge on any atom is -0.354 e. The molecule has 0 fully saturated rings. The Bertz CT molecular complexity index is 1770. The van der Waals surface area contributed by atoms with Crippen LogP contribution < -0.4 is 21.3 Å². The Morgan fingerprint density at radius 3 is 2.06 bits per heavy atom. The van der Waals surface area contributed by atoms with Gasteiger partial charge in [-0.2, -0.15) is 5.26 Å². The lowest BCUT2D eigenvalue weighted by Gasteiger charge is -2.24. The van der Waals surface area contributed by atoms with Gasteiger partial charge in [0.15, 0.2) is 0 Å². The Morgan fingerprint density at radius 1 is 0.796 bits per heavy atom. The van der Waals surface area contributed by atoms with E-state index >= 15 is 0 Å². The lowest BCUT2D eigenvalue weighted by Crippen LogP contribution is -2.50. The normalized spacial score (nSPS) is 12.8. The van der Waals surface area contributed by atoms with E-state index in [4.69, 9.17) is 0 Å². The molecule has 0 aliphatic carbocycles. The van der Waals surface area contributed by atoms with E-state index in [-0.39, 0.29) is 22.9 Å². The molecule has 4 N–H and O–H groups in total. The van der Waals surface area contributed by atoms with Crippen LogP contribution in [-0.2, 0) is 11.2 Å². The second-order valence-corrected chi connectivity index (χ2v) is 12.6. The van der Waals surface area contributed by atoms with E-state index in [9.17, 15) is 24.0 Å². The van der Waals surface area contributed by atoms with Crippen LogP contribution in [0.3, 0.4) is 0 Å². The lowest BCUT2D eigenvalue weighted by molar-refractivity contribution is -0.123. The number of nitrogens with one attached hydrogen (secondary N) is 4. The number of amides is 3. The highest BCUT2D eigenvalue weighted by Gasteiger charge is 2.22. The molecule has 0 bridgehead atoms. The molecule has 8 nitrogen and oxygen atoms in total. The van der Waals surface area contributed by atoms with Crippen LogP contribution in [0.15, 0.2) is 97.1 Å². The molecule has 49 heavy (non-hydrogen) atoms. The standard InChI is InChI=1S/C40H44FN5O3/c1-5-37(40(49)44-24-26(2)3)43-25-35(19-28-11-7-6-8-12-28)46-39(48)33-21-31(36-14-10-9-13-30(36)23-42)20-32(22-33)38(47)45-27(4)29-15-17-34(41)18-16-29/h6-18,20-22,26-27,35,37,43H,5,19,24-25H2,1-4H3,(H,44,49)(H,45,47)(H,46,48)/t27?,35-,37-/m0/s1. The van der Waals surface area contributed by atoms with Crippen LogP contribution in [0.1, 0.15) is 77.6 Å². The molecule has 4 rings (SSSR count). The van der Waals surface area contributed by atoms with Gasteiger partial charge in [0, 0.05) is 30.3 Å². The molecule has 9 heteroatoms. The van der Waals surface area contributed by atoms with Crippen molar-refractivity contribution in [2.45, 2.75) is 58.7 Å². The minimum atomic E-state index is -0.439. The molecule has 0 aromatic heterocycles. The summed E-state index contributed by atoms with van der Waals surface area (Å²) in [5, 5.41) is 22.2. The Labute approximate surface area is 288 Å². The molecular weight excluding hydrogens is 617 g/mol. The quantitative estimate of drug-likeness (QED) is 0.119. The second kappa shape index (κ2) is 17.7. The summed E-state index contributed by atoms with van der Waals surface area (Å²) in [5.74, 6) is -0.974. The maximum absolute atomic E-state index is 14.0. The third kappa shape index (κ3) is 10.6. The van der Waals surface area contributed by atoms with Gasteiger partial charge in [0.25, 0.3) is 11.8 Å². The molecule has 254 valence electrons. The molecule has 0 radical (unpaired) electrons. The number of nitriles is 1. The van der Waals surface area contributed by atoms with Gasteiger partial charge < -0.3 is 21.3 Å². The highest BCUT2D eigenvalue weighted by molar-refractivity contribution is 6.02. The first-order valence-corrected chi connectivity index (χ1v) is 16.6. The first kappa shape index (κ1) is 36.5. The third-order valence-corrected chi connectivity index (χ3v) is 8.21. The van der Waals surface area contributed by atoms with Gasteiger partial charge in [-0.15, -0.1) is 0 Å². The summed E-state index contributed by atoms with van der Waals surface area (Å²) in [6.07, 6.45) is 1.08. The number of carbonyl (C=O) groups excluding carboxylic acids is 3. The van der Waals surface area contributed by atoms with Gasteiger partial charge in [-0.1, -0.05) is 81.4 Å². The molecule has 3 atom stereocenters. The van der Waals surface area contributed by atoms with Crippen molar-refractivity contribution in [2.24, 2.45) is 5.92 Å². The second-order valence-electron chi connectivity index (χ2n) is 12.6. The van der Waals surface area contributed by atoms with E-state index < -0.39 is 29.9 Å². The molecule has 4 aromatic rings. The summed E-state index contributed by atoms with van der Waals surface area (Å²) in [6.45, 7) is 8.70. The molecule has 0 saturated carbocycles. The molecule has 3 amide bonds. The molecule has 0 saturated heterocycles. The number of carbonyl (C=O) groups is 3. The van der Waals surface area contributed by atoms with Crippen LogP contribution in [-0.4, -0.2) is 42.9 Å². The average molecular weight is 662 g/mol. The van der Waals surface area contributed by atoms with Crippen LogP contribution >= 0.6 is 0 Å². The summed E-state index contributed by atoms with van der Waals surface area (Å²) in [6, 6.07) is 28.4. The highest BCUT2D eigenvalue weighted by Crippen LogP contribution is 2.27. The van der Waals surface area contributed by atoms with E-state index in [0.717, 1.165) is 11.1 Å². The van der Waals surface area contributed by atoms with Gasteiger partial charge >= 0.3 is 0 Å². The maximum atomic E-state index is 14.0. The number of nitrogens with zero attached hydrogens (tertiary/aromatic N) is 1. The largest absolute Gasteiger partial charge is 0.354 e. The number of hydrogen-bond acceptors (Lipinski definition) is 5. The summed E-state index contributed by atoms with van der Waals surface area (Å²) in [5.41, 5.74) is 3.73. The molecule has 1 unspecified atom stereocenters. The number of benzene rings is 4. The fraction of sp³-hybridized carbons (Fsp3) is 0.300. The molecule has 4 aromatic carbocycles. The van der Waals surface area contributed by atoms with E-state index in [1.165, 1.54) is 18.2 Å². The molecule has 0 aliphatic heterocycles. The van der Waals surface area contributed by atoms with Crippen molar-refractivity contribution in [1.82, 2.24) is 21.3 Å². The summed E-state index contributed by atoms with van der Waals surface area (Å²) < 4.78 is 13.5. The monoisotopic (exact) mass is 661 g/mol. The zero-order chi connectivity index (χ0) is 35.3. The fourth-order valence-corrected chi connectivity index (χ4v) is 5.47. The van der Waals surface area contributed by atoms with Crippen molar-refractivity contribution in [3.63, 3.8) is 0 Å². The van der Waals surface area contributed by atoms with Crippen molar-refractivity contribution >= 4 is 17.7 Å². The van der Waals surface area contributed by atoms with E-state index in [1.54, 1.807) is 55.5 Å². The zero-order valence-corrected chi connectivity index (χ0v) is 28.4. The summed E-state index contributed by atoms with van der Waals surface area (Å²) in [7, 11) is 0. The van der Waals surface area contributed by atoms with E-state index in [2.05, 4.69) is 27.3 Å². The number of rotatable bonds is 15. The van der Waals surface area contributed by atoms with Gasteiger partial charge in [-0.05, 0) is 84.3 Å². The summed E-state index contributed by atoms with van der Waals surface area (Å²) in [4.78, 5) is 40.5. The van der Waals surface area contributed by atoms with Crippen LogP contribution in [0.5, 0.6) is 0 Å². The van der Waals surface area contributed by atoms with Crippen molar-refractivity contribution in [3.05, 3.63) is 131 Å². The van der Waals surface area contributed by atoms with Gasteiger partial charge in [-0.25, -0.2) is 4.39 Å². The molecule has 0 aliphatic rings. The highest BCUT2D eigenvalue weighted by atomic mass is 19.1. The third-order valence-electron chi connectivity index (χ3n) is 8.21. The van der Waals surface area contributed by atoms with Gasteiger partial charge in [-0.3, -0.25) is 14.4 Å². The Kier molecular flexibility index (Phi) is 13.2. The van der Waals surface area contributed by atoms with Crippen molar-refractivity contribution in [3.8, 4) is 17.2 Å². The Balaban J connectivity index is 1.63. The van der Waals surface area contributed by atoms with Crippen LogP contribution in [0.25, 0.3) is 11.1 Å². The Hall–Kier alpha value is -5.33. The SMILES string of the molecule is CC[C@H](NC[C@H](Cc1ccccc1)NC(=O)c1cc(C(=O)NC(C)c2ccc(F)cc2)cc(-c2ccccc2C#N)c1)C(=O)NCC(C)C. The van der Waals surface area contributed by atoms with Gasteiger partial charge in [0.2, 0.25) is 5.91 Å². The lowest BCUT2D eigenvalue weighted by atomic mass is 9.95. The molecule has 0 heterocycles. The summed E-state index contributed by atoms with van der Waals surface area (Å²) >= 11 is 0. The molecular formula is C40H44FN5O3. The topological polar surface area (TPSA) is 123 Å². The molecule has 0 spiro atoms. The van der Waals surface area contributed by atoms with Crippen LogP contribution in [0.2, 0.25) is 0 Å². The number of halogens is 1. The van der Waals surface area contributed by atoms with E-state index in [0.29, 0.717) is 48.5 Å². The fourth-order valence-electron chi connectivity index (χ4n) is 5.47. The van der Waals surface area contributed by atoms with Crippen molar-refractivity contribution in [1.29, 1.82) is 5.26 Å². The maximum Gasteiger partial charge on any atom is 0.251 e. The van der Waals surface area contributed by atoms with Crippen LogP contribution in [0, 0.1) is 23.1 Å². The van der Waals surface area contributed by atoms with Crippen LogP contribution in [0.4, 0.5) is 4.39 Å². The van der Waals surface area contributed by atoms with Crippen molar-refractivity contribution < 1.29 is 18.8 Å². The predicted octanol–water partition coefficient (Wildman–Crippen LogP) is 6.34. The first-order valence-electron chi connectivity index (χ1n) is 16.6. The average Bonchev–Trinajstić information content (AvgIpc) is 3.11. The van der Waals surface area contributed by atoms with Crippen molar-refractivity contribution in [2.75, 3.05) is 13.1 Å². The van der Waals surface area contributed by atoms with Gasteiger partial charge in [0.1, 0.15) is 5.82 Å². The smallest absolute Gasteiger partial charge is 0.251 e. The number of hydrogen-bond donors (Lipinski definition) is 4. The predicted molar refractivity (Wildman–Crippen MR) is 190 cm³/mol.